The molecule has 0 unspecified atom stereocenters. The Morgan fingerprint density at radius 2 is 1.97 bits per heavy atom. The van der Waals surface area contributed by atoms with E-state index in [0.29, 0.717) is 12.5 Å². The van der Waals surface area contributed by atoms with E-state index in [4.69, 9.17) is 9.51 Å². The van der Waals surface area contributed by atoms with E-state index >= 15 is 0 Å². The number of imidazole rings is 1. The van der Waals surface area contributed by atoms with Gasteiger partial charge in [0.25, 0.3) is 0 Å². The van der Waals surface area contributed by atoms with Gasteiger partial charge in [0.05, 0.1) is 28.9 Å². The number of hydrogen-bond acceptors (Lipinski definition) is 5. The van der Waals surface area contributed by atoms with Gasteiger partial charge in [-0.3, -0.25) is 4.79 Å². The zero-order valence-corrected chi connectivity index (χ0v) is 16.8. The summed E-state index contributed by atoms with van der Waals surface area (Å²) in [4.78, 5) is 16.8. The lowest BCUT2D eigenvalue weighted by Crippen LogP contribution is -2.26. The second-order valence-corrected chi connectivity index (χ2v) is 8.36. The number of nitrogens with zero attached hydrogens (tertiary/aromatic N) is 3. The molecule has 152 valence electrons. The number of nitrogens with one attached hydrogen (secondary N) is 1. The van der Waals surface area contributed by atoms with Crippen LogP contribution in [0.5, 0.6) is 0 Å². The maximum Gasteiger partial charge on any atom is 0.220 e. The van der Waals surface area contributed by atoms with Crippen LogP contribution in [-0.4, -0.2) is 31.8 Å². The molecule has 7 nitrogen and oxygen atoms in total. The van der Waals surface area contributed by atoms with Crippen molar-refractivity contribution in [1.82, 2.24) is 20.0 Å². The Bertz CT molecular complexity index is 1060. The van der Waals surface area contributed by atoms with Crippen molar-refractivity contribution in [3.05, 3.63) is 35.5 Å². The molecule has 2 aliphatic rings. The first-order valence-corrected chi connectivity index (χ1v) is 10.4. The number of aliphatic hydroxyl groups excluding tert-OH is 1. The molecule has 1 aliphatic heterocycles. The van der Waals surface area contributed by atoms with E-state index in [0.717, 1.165) is 71.5 Å². The lowest BCUT2D eigenvalue weighted by atomic mass is 9.92. The van der Waals surface area contributed by atoms with Crippen LogP contribution in [0.3, 0.4) is 0 Å². The number of aliphatic hydroxyl groups is 1. The van der Waals surface area contributed by atoms with Gasteiger partial charge in [-0.15, -0.1) is 0 Å². The molecule has 7 heteroatoms. The van der Waals surface area contributed by atoms with Crippen LogP contribution in [0.1, 0.15) is 67.9 Å². The molecule has 1 atom stereocenters. The number of aromatic nitrogens is 3. The third-order valence-electron chi connectivity index (χ3n) is 6.38. The maximum absolute atomic E-state index is 11.9. The van der Waals surface area contributed by atoms with Crippen molar-refractivity contribution in [2.75, 3.05) is 0 Å². The van der Waals surface area contributed by atoms with Crippen LogP contribution in [0.25, 0.3) is 22.2 Å². The fourth-order valence-corrected chi connectivity index (χ4v) is 4.92. The highest BCUT2D eigenvalue weighted by atomic mass is 16.5. The van der Waals surface area contributed by atoms with Crippen LogP contribution in [0, 0.1) is 13.8 Å². The minimum absolute atomic E-state index is 0.0516. The van der Waals surface area contributed by atoms with Crippen LogP contribution in [0.15, 0.2) is 22.7 Å². The molecule has 2 fully saturated rings. The van der Waals surface area contributed by atoms with Gasteiger partial charge >= 0.3 is 0 Å². The molecule has 2 aromatic heterocycles. The van der Waals surface area contributed by atoms with E-state index in [-0.39, 0.29) is 18.1 Å². The number of benzene rings is 1. The van der Waals surface area contributed by atoms with Crippen LogP contribution < -0.4 is 5.32 Å². The van der Waals surface area contributed by atoms with E-state index in [1.165, 1.54) is 0 Å². The summed E-state index contributed by atoms with van der Waals surface area (Å²) in [5.74, 6) is 1.82. The Labute approximate surface area is 169 Å². The van der Waals surface area contributed by atoms with Crippen LogP contribution in [0.4, 0.5) is 0 Å². The van der Waals surface area contributed by atoms with E-state index < -0.39 is 0 Å². The SMILES string of the molecule is Cc1noc(C)c1-c1ccc2c(c1)nc([C@@H]1CCC(=O)N1)n2[C@H]1CC[C@H](O)CC1. The summed E-state index contributed by atoms with van der Waals surface area (Å²) in [6.45, 7) is 3.87. The highest BCUT2D eigenvalue weighted by molar-refractivity contribution is 5.84. The number of rotatable bonds is 3. The first-order chi connectivity index (χ1) is 14.0. The molecule has 0 spiro atoms. The predicted molar refractivity (Wildman–Crippen MR) is 108 cm³/mol. The van der Waals surface area contributed by atoms with Gasteiger partial charge in [0.1, 0.15) is 11.6 Å². The van der Waals surface area contributed by atoms with E-state index in [1.807, 2.05) is 13.8 Å². The molecule has 5 rings (SSSR count). The van der Waals surface area contributed by atoms with E-state index in [9.17, 15) is 9.90 Å². The lowest BCUT2D eigenvalue weighted by Gasteiger charge is -2.29. The van der Waals surface area contributed by atoms with Crippen LogP contribution in [-0.2, 0) is 4.79 Å². The topological polar surface area (TPSA) is 93.2 Å². The van der Waals surface area contributed by atoms with Gasteiger partial charge in [0.2, 0.25) is 5.91 Å². The summed E-state index contributed by atoms with van der Waals surface area (Å²) in [6.07, 6.45) is 4.56. The molecular formula is C22H26N4O3. The zero-order valence-electron chi connectivity index (χ0n) is 16.8. The van der Waals surface area contributed by atoms with Gasteiger partial charge in [-0.05, 0) is 63.6 Å². The fraction of sp³-hybridized carbons (Fsp3) is 0.500. The van der Waals surface area contributed by atoms with Crippen molar-refractivity contribution in [2.45, 2.75) is 70.6 Å². The Kier molecular flexibility index (Phi) is 4.42. The van der Waals surface area contributed by atoms with Gasteiger partial charge in [-0.2, -0.15) is 0 Å². The number of carbonyl (C=O) groups excluding carboxylic acids is 1. The molecule has 2 N–H and O–H groups in total. The molecule has 3 heterocycles. The number of fused-ring (bicyclic) bond motifs is 1. The number of hydrogen-bond donors (Lipinski definition) is 2. The molecule has 0 bridgehead atoms. The van der Waals surface area contributed by atoms with Gasteiger partial charge in [0.15, 0.2) is 0 Å². The molecule has 29 heavy (non-hydrogen) atoms. The monoisotopic (exact) mass is 394 g/mol. The average molecular weight is 394 g/mol. The first-order valence-electron chi connectivity index (χ1n) is 10.4. The molecule has 1 saturated heterocycles. The quantitative estimate of drug-likeness (QED) is 0.706. The second kappa shape index (κ2) is 6.99. The lowest BCUT2D eigenvalue weighted by molar-refractivity contribution is -0.119. The standard InChI is InChI=1S/C22H26N4O3/c1-12-21(13(2)29-25-12)14-3-9-19-18(11-14)24-22(17-8-10-20(28)23-17)26(19)15-4-6-16(27)7-5-15/h3,9,11,15-17,27H,4-8,10H2,1-2H3,(H,23,28)/t15-,16-,17-/m0/s1. The van der Waals surface area contributed by atoms with Crippen molar-refractivity contribution >= 4 is 16.9 Å². The van der Waals surface area contributed by atoms with E-state index in [2.05, 4.69) is 33.2 Å². The minimum Gasteiger partial charge on any atom is -0.393 e. The number of amides is 1. The van der Waals surface area contributed by atoms with E-state index in [1.54, 1.807) is 0 Å². The Morgan fingerprint density at radius 3 is 2.62 bits per heavy atom. The Hall–Kier alpha value is -2.67. The second-order valence-electron chi connectivity index (χ2n) is 8.36. The first kappa shape index (κ1) is 18.4. The number of aryl methyl sites for hydroxylation is 2. The van der Waals surface area contributed by atoms with Crippen molar-refractivity contribution in [2.24, 2.45) is 0 Å². The largest absolute Gasteiger partial charge is 0.393 e. The average Bonchev–Trinajstić information content (AvgIpc) is 3.39. The summed E-state index contributed by atoms with van der Waals surface area (Å²) in [7, 11) is 0. The maximum atomic E-state index is 11.9. The summed E-state index contributed by atoms with van der Waals surface area (Å²) in [5.41, 5.74) is 4.92. The highest BCUT2D eigenvalue weighted by Crippen LogP contribution is 2.38. The van der Waals surface area contributed by atoms with Crippen LogP contribution >= 0.6 is 0 Å². The smallest absolute Gasteiger partial charge is 0.220 e. The highest BCUT2D eigenvalue weighted by Gasteiger charge is 2.31. The summed E-state index contributed by atoms with van der Waals surface area (Å²) in [6, 6.07) is 6.55. The normalized spacial score (nSPS) is 24.9. The van der Waals surface area contributed by atoms with Gasteiger partial charge in [0, 0.05) is 18.0 Å². The molecule has 1 saturated carbocycles. The Morgan fingerprint density at radius 1 is 1.17 bits per heavy atom. The molecular weight excluding hydrogens is 368 g/mol. The van der Waals surface area contributed by atoms with Gasteiger partial charge in [-0.25, -0.2) is 4.98 Å². The van der Waals surface area contributed by atoms with Crippen molar-refractivity contribution in [1.29, 1.82) is 0 Å². The van der Waals surface area contributed by atoms with Gasteiger partial charge < -0.3 is 19.5 Å². The zero-order chi connectivity index (χ0) is 20.1. The summed E-state index contributed by atoms with van der Waals surface area (Å²) < 4.78 is 7.66. The third kappa shape index (κ3) is 3.13. The predicted octanol–water partition coefficient (Wildman–Crippen LogP) is 3.74. The van der Waals surface area contributed by atoms with Crippen molar-refractivity contribution in [3.8, 4) is 11.1 Å². The molecule has 1 amide bonds. The third-order valence-corrected chi connectivity index (χ3v) is 6.38. The summed E-state index contributed by atoms with van der Waals surface area (Å²) in [5, 5.41) is 17.1. The molecule has 1 aromatic carbocycles. The molecule has 0 radical (unpaired) electrons. The summed E-state index contributed by atoms with van der Waals surface area (Å²) >= 11 is 0. The van der Waals surface area contributed by atoms with Crippen molar-refractivity contribution in [3.63, 3.8) is 0 Å². The molecule has 3 aromatic rings. The van der Waals surface area contributed by atoms with Crippen molar-refractivity contribution < 1.29 is 14.4 Å². The minimum atomic E-state index is -0.207. The molecule has 1 aliphatic carbocycles. The van der Waals surface area contributed by atoms with Gasteiger partial charge in [-0.1, -0.05) is 11.2 Å². The van der Waals surface area contributed by atoms with Crippen LogP contribution in [0.2, 0.25) is 0 Å². The Balaban J connectivity index is 1.63. The fourth-order valence-electron chi connectivity index (χ4n) is 4.92. The number of carbonyl (C=O) groups is 1.